The highest BCUT2D eigenvalue weighted by molar-refractivity contribution is 5.78. The van der Waals surface area contributed by atoms with Gasteiger partial charge in [0.05, 0.1) is 11.5 Å². The van der Waals surface area contributed by atoms with Crippen molar-refractivity contribution in [3.63, 3.8) is 0 Å². The largest absolute Gasteiger partial charge is 0.342 e. The number of carbonyl (C=O) groups excluding carboxylic acids is 1. The number of nitro groups is 1. The van der Waals surface area contributed by atoms with Gasteiger partial charge in [-0.1, -0.05) is 12.1 Å². The molecule has 1 aromatic rings. The van der Waals surface area contributed by atoms with Crippen molar-refractivity contribution in [2.24, 2.45) is 0 Å². The molecule has 0 radical (unpaired) electrons. The first kappa shape index (κ1) is 16.1. The second-order valence-corrected chi connectivity index (χ2v) is 4.95. The standard InChI is InChI=1S/C14H21N3O3/c1-11(2)16(3)14(18)10-15-9-8-12-4-6-13(7-5-12)17(19)20/h4-7,11,15H,8-10H2,1-3H3. The quantitative estimate of drug-likeness (QED) is 0.467. The van der Waals surface area contributed by atoms with Gasteiger partial charge in [-0.3, -0.25) is 14.9 Å². The average molecular weight is 279 g/mol. The van der Waals surface area contributed by atoms with Crippen molar-refractivity contribution in [3.8, 4) is 0 Å². The van der Waals surface area contributed by atoms with E-state index < -0.39 is 4.92 Å². The predicted molar refractivity (Wildman–Crippen MR) is 77.6 cm³/mol. The molecule has 1 amide bonds. The molecule has 0 fully saturated rings. The second kappa shape index (κ2) is 7.59. The number of nitro benzene ring substituents is 1. The minimum Gasteiger partial charge on any atom is -0.342 e. The highest BCUT2D eigenvalue weighted by atomic mass is 16.6. The molecule has 1 rings (SSSR count). The van der Waals surface area contributed by atoms with Crippen LogP contribution in [0.3, 0.4) is 0 Å². The normalized spacial score (nSPS) is 10.6. The molecule has 6 nitrogen and oxygen atoms in total. The van der Waals surface area contributed by atoms with Crippen LogP contribution in [0.2, 0.25) is 0 Å². The van der Waals surface area contributed by atoms with Crippen LogP contribution in [0.15, 0.2) is 24.3 Å². The Labute approximate surface area is 118 Å². The van der Waals surface area contributed by atoms with Crippen molar-refractivity contribution in [1.29, 1.82) is 0 Å². The molecule has 0 bridgehead atoms. The smallest absolute Gasteiger partial charge is 0.269 e. The van der Waals surface area contributed by atoms with Crippen molar-refractivity contribution >= 4 is 11.6 Å². The molecule has 6 heteroatoms. The first-order chi connectivity index (χ1) is 9.41. The van der Waals surface area contributed by atoms with E-state index in [0.29, 0.717) is 13.1 Å². The Morgan fingerprint density at radius 2 is 1.95 bits per heavy atom. The maximum Gasteiger partial charge on any atom is 0.269 e. The summed E-state index contributed by atoms with van der Waals surface area (Å²) in [6, 6.07) is 6.66. The first-order valence-corrected chi connectivity index (χ1v) is 6.61. The number of likely N-dealkylation sites (N-methyl/N-ethyl adjacent to an activating group) is 1. The van der Waals surface area contributed by atoms with Crippen LogP contribution in [-0.2, 0) is 11.2 Å². The zero-order valence-electron chi connectivity index (χ0n) is 12.1. The molecule has 0 spiro atoms. The van der Waals surface area contributed by atoms with E-state index in [0.717, 1.165) is 12.0 Å². The summed E-state index contributed by atoms with van der Waals surface area (Å²) in [6.07, 6.45) is 0.733. The molecule has 0 aliphatic heterocycles. The number of amides is 1. The van der Waals surface area contributed by atoms with Gasteiger partial charge < -0.3 is 10.2 Å². The van der Waals surface area contributed by atoms with E-state index in [2.05, 4.69) is 5.32 Å². The van der Waals surface area contributed by atoms with Gasteiger partial charge in [0.15, 0.2) is 0 Å². The van der Waals surface area contributed by atoms with Gasteiger partial charge >= 0.3 is 0 Å². The Hall–Kier alpha value is -1.95. The molecule has 1 aromatic carbocycles. The van der Waals surface area contributed by atoms with Crippen molar-refractivity contribution < 1.29 is 9.72 Å². The van der Waals surface area contributed by atoms with Gasteiger partial charge in [0, 0.05) is 25.2 Å². The fraction of sp³-hybridized carbons (Fsp3) is 0.500. The van der Waals surface area contributed by atoms with Crippen LogP contribution in [-0.4, -0.2) is 41.9 Å². The van der Waals surface area contributed by atoms with E-state index >= 15 is 0 Å². The SMILES string of the molecule is CC(C)N(C)C(=O)CNCCc1ccc([N+](=O)[O-])cc1. The third kappa shape index (κ3) is 4.97. The number of carbonyl (C=O) groups is 1. The van der Waals surface area contributed by atoms with Gasteiger partial charge in [-0.05, 0) is 32.4 Å². The highest BCUT2D eigenvalue weighted by Crippen LogP contribution is 2.11. The summed E-state index contributed by atoms with van der Waals surface area (Å²) >= 11 is 0. The zero-order valence-corrected chi connectivity index (χ0v) is 12.1. The summed E-state index contributed by atoms with van der Waals surface area (Å²) in [5.41, 5.74) is 1.10. The van der Waals surface area contributed by atoms with Crippen LogP contribution in [0.1, 0.15) is 19.4 Å². The molecule has 0 aliphatic carbocycles. The third-order valence-corrected chi connectivity index (χ3v) is 3.18. The molecular formula is C14H21N3O3. The van der Waals surface area contributed by atoms with Crippen molar-refractivity contribution in [1.82, 2.24) is 10.2 Å². The topological polar surface area (TPSA) is 75.5 Å². The van der Waals surface area contributed by atoms with Crippen LogP contribution < -0.4 is 5.32 Å². The number of hydrogen-bond donors (Lipinski definition) is 1. The summed E-state index contributed by atoms with van der Waals surface area (Å²) in [7, 11) is 1.78. The molecule has 20 heavy (non-hydrogen) atoms. The summed E-state index contributed by atoms with van der Waals surface area (Å²) < 4.78 is 0. The number of nitrogens with zero attached hydrogens (tertiary/aromatic N) is 2. The molecule has 0 heterocycles. The number of non-ortho nitro benzene ring substituents is 1. The summed E-state index contributed by atoms with van der Waals surface area (Å²) in [6.45, 7) is 4.90. The van der Waals surface area contributed by atoms with Crippen LogP contribution in [0.4, 0.5) is 5.69 Å². The van der Waals surface area contributed by atoms with Crippen LogP contribution >= 0.6 is 0 Å². The summed E-state index contributed by atoms with van der Waals surface area (Å²) in [4.78, 5) is 23.5. The summed E-state index contributed by atoms with van der Waals surface area (Å²) in [5.74, 6) is 0.0590. The minimum atomic E-state index is -0.414. The molecule has 0 aromatic heterocycles. The van der Waals surface area contributed by atoms with E-state index in [1.54, 1.807) is 24.1 Å². The predicted octanol–water partition coefficient (Wildman–Crippen LogP) is 1.59. The Morgan fingerprint density at radius 1 is 1.35 bits per heavy atom. The molecule has 0 atom stereocenters. The number of rotatable bonds is 7. The van der Waals surface area contributed by atoms with E-state index in [1.165, 1.54) is 12.1 Å². The molecule has 1 N–H and O–H groups in total. The lowest BCUT2D eigenvalue weighted by Crippen LogP contribution is -2.39. The molecule has 0 saturated carbocycles. The van der Waals surface area contributed by atoms with E-state index in [9.17, 15) is 14.9 Å². The lowest BCUT2D eigenvalue weighted by atomic mass is 10.1. The molecule has 110 valence electrons. The van der Waals surface area contributed by atoms with Crippen LogP contribution in [0.25, 0.3) is 0 Å². The maximum atomic E-state index is 11.7. The fourth-order valence-electron chi connectivity index (χ4n) is 1.63. The monoisotopic (exact) mass is 279 g/mol. The van der Waals surface area contributed by atoms with Crippen molar-refractivity contribution in [3.05, 3.63) is 39.9 Å². The number of hydrogen-bond acceptors (Lipinski definition) is 4. The minimum absolute atomic E-state index is 0.0590. The van der Waals surface area contributed by atoms with Crippen LogP contribution in [0, 0.1) is 10.1 Å². The van der Waals surface area contributed by atoms with Gasteiger partial charge in [-0.25, -0.2) is 0 Å². The molecule has 0 saturated heterocycles. The Bertz CT molecular complexity index is 457. The van der Waals surface area contributed by atoms with Crippen molar-refractivity contribution in [2.75, 3.05) is 20.1 Å². The van der Waals surface area contributed by atoms with Gasteiger partial charge in [0.2, 0.25) is 5.91 Å². The van der Waals surface area contributed by atoms with Gasteiger partial charge in [0.25, 0.3) is 5.69 Å². The van der Waals surface area contributed by atoms with Gasteiger partial charge in [-0.2, -0.15) is 0 Å². The number of benzene rings is 1. The molecule has 0 unspecified atom stereocenters. The second-order valence-electron chi connectivity index (χ2n) is 4.95. The first-order valence-electron chi connectivity index (χ1n) is 6.61. The summed E-state index contributed by atoms with van der Waals surface area (Å²) in [5, 5.41) is 13.6. The number of nitrogens with one attached hydrogen (secondary N) is 1. The molecular weight excluding hydrogens is 258 g/mol. The van der Waals surface area contributed by atoms with Crippen molar-refractivity contribution in [2.45, 2.75) is 26.3 Å². The van der Waals surface area contributed by atoms with Crippen LogP contribution in [0.5, 0.6) is 0 Å². The maximum absolute atomic E-state index is 11.7. The molecule has 0 aliphatic rings. The van der Waals surface area contributed by atoms with E-state index in [4.69, 9.17) is 0 Å². The average Bonchev–Trinajstić information content (AvgIpc) is 2.42. The van der Waals surface area contributed by atoms with Gasteiger partial charge in [-0.15, -0.1) is 0 Å². The van der Waals surface area contributed by atoms with Gasteiger partial charge in [0.1, 0.15) is 0 Å². The Morgan fingerprint density at radius 3 is 2.45 bits per heavy atom. The van der Waals surface area contributed by atoms with E-state index in [1.807, 2.05) is 13.8 Å². The Balaban J connectivity index is 2.31. The lowest BCUT2D eigenvalue weighted by Gasteiger charge is -2.21. The Kier molecular flexibility index (Phi) is 6.11. The highest BCUT2D eigenvalue weighted by Gasteiger charge is 2.10. The fourth-order valence-corrected chi connectivity index (χ4v) is 1.63. The third-order valence-electron chi connectivity index (χ3n) is 3.18. The van der Waals surface area contributed by atoms with E-state index in [-0.39, 0.29) is 17.6 Å². The lowest BCUT2D eigenvalue weighted by molar-refractivity contribution is -0.384. The zero-order chi connectivity index (χ0) is 15.1.